The van der Waals surface area contributed by atoms with E-state index in [-0.39, 0.29) is 5.56 Å². The van der Waals surface area contributed by atoms with Crippen molar-refractivity contribution in [1.29, 1.82) is 0 Å². The zero-order valence-corrected chi connectivity index (χ0v) is 9.60. The Labute approximate surface area is 95.2 Å². The molecular weight excluding hydrogens is 204 g/mol. The Morgan fingerprint density at radius 2 is 2.31 bits per heavy atom. The SMILES string of the molecule is C=CCN(C)c1cc(C(=O)O)cc(CC)n1. The van der Waals surface area contributed by atoms with Crippen molar-refractivity contribution in [2.75, 3.05) is 18.5 Å². The second kappa shape index (κ2) is 5.30. The molecule has 16 heavy (non-hydrogen) atoms. The molecule has 0 saturated heterocycles. The number of aromatic nitrogens is 1. The number of carbonyl (C=O) groups is 1. The molecule has 0 aliphatic heterocycles. The lowest BCUT2D eigenvalue weighted by Crippen LogP contribution is -2.19. The first-order valence-electron chi connectivity index (χ1n) is 5.14. The molecule has 0 aliphatic carbocycles. The van der Waals surface area contributed by atoms with Crippen molar-refractivity contribution >= 4 is 11.8 Å². The number of anilines is 1. The zero-order valence-electron chi connectivity index (χ0n) is 9.60. The molecule has 0 bridgehead atoms. The van der Waals surface area contributed by atoms with Crippen LogP contribution < -0.4 is 4.90 Å². The highest BCUT2D eigenvalue weighted by Crippen LogP contribution is 2.14. The fraction of sp³-hybridized carbons (Fsp3) is 0.333. The van der Waals surface area contributed by atoms with Crippen LogP contribution in [0, 0.1) is 0 Å². The van der Waals surface area contributed by atoms with Gasteiger partial charge in [-0.15, -0.1) is 6.58 Å². The van der Waals surface area contributed by atoms with E-state index in [4.69, 9.17) is 5.11 Å². The molecule has 0 fully saturated rings. The van der Waals surface area contributed by atoms with E-state index in [1.165, 1.54) is 0 Å². The minimum Gasteiger partial charge on any atom is -0.478 e. The van der Waals surface area contributed by atoms with Gasteiger partial charge in [0.15, 0.2) is 0 Å². The van der Waals surface area contributed by atoms with Crippen molar-refractivity contribution in [3.8, 4) is 0 Å². The summed E-state index contributed by atoms with van der Waals surface area (Å²) < 4.78 is 0. The van der Waals surface area contributed by atoms with Gasteiger partial charge in [-0.2, -0.15) is 0 Å². The summed E-state index contributed by atoms with van der Waals surface area (Å²) in [5, 5.41) is 8.97. The number of carboxylic acids is 1. The molecule has 0 aliphatic rings. The zero-order chi connectivity index (χ0) is 12.1. The Balaban J connectivity index is 3.13. The third kappa shape index (κ3) is 2.82. The Kier molecular flexibility index (Phi) is 4.05. The predicted molar refractivity (Wildman–Crippen MR) is 64.0 cm³/mol. The normalized spacial score (nSPS) is 9.88. The van der Waals surface area contributed by atoms with Crippen LogP contribution in [-0.2, 0) is 6.42 Å². The number of nitrogens with zero attached hydrogens (tertiary/aromatic N) is 2. The van der Waals surface area contributed by atoms with Gasteiger partial charge in [-0.05, 0) is 18.6 Å². The van der Waals surface area contributed by atoms with Crippen LogP contribution in [0.5, 0.6) is 0 Å². The van der Waals surface area contributed by atoms with Gasteiger partial charge in [-0.25, -0.2) is 9.78 Å². The van der Waals surface area contributed by atoms with Gasteiger partial charge in [-0.3, -0.25) is 0 Å². The van der Waals surface area contributed by atoms with E-state index >= 15 is 0 Å². The molecular formula is C12H16N2O2. The second-order valence-electron chi connectivity index (χ2n) is 3.53. The first kappa shape index (κ1) is 12.2. The van der Waals surface area contributed by atoms with E-state index in [9.17, 15) is 4.79 Å². The fourth-order valence-electron chi connectivity index (χ4n) is 1.36. The largest absolute Gasteiger partial charge is 0.478 e. The average molecular weight is 220 g/mol. The molecule has 0 atom stereocenters. The smallest absolute Gasteiger partial charge is 0.335 e. The van der Waals surface area contributed by atoms with Crippen LogP contribution in [0.1, 0.15) is 23.0 Å². The van der Waals surface area contributed by atoms with Crippen LogP contribution in [0.3, 0.4) is 0 Å². The Morgan fingerprint density at radius 1 is 1.62 bits per heavy atom. The van der Waals surface area contributed by atoms with Gasteiger partial charge in [0.25, 0.3) is 0 Å². The van der Waals surface area contributed by atoms with Crippen LogP contribution in [0.4, 0.5) is 5.82 Å². The predicted octanol–water partition coefficient (Wildman–Crippen LogP) is 1.96. The highest BCUT2D eigenvalue weighted by Gasteiger charge is 2.09. The number of hydrogen-bond acceptors (Lipinski definition) is 3. The van der Waals surface area contributed by atoms with Gasteiger partial charge in [0.1, 0.15) is 5.82 Å². The van der Waals surface area contributed by atoms with E-state index in [0.717, 1.165) is 12.1 Å². The van der Waals surface area contributed by atoms with Crippen molar-refractivity contribution in [1.82, 2.24) is 4.98 Å². The molecule has 0 aromatic carbocycles. The van der Waals surface area contributed by atoms with Gasteiger partial charge >= 0.3 is 5.97 Å². The van der Waals surface area contributed by atoms with Gasteiger partial charge in [0.05, 0.1) is 5.56 Å². The van der Waals surface area contributed by atoms with Crippen molar-refractivity contribution < 1.29 is 9.90 Å². The molecule has 0 amide bonds. The standard InChI is InChI=1S/C12H16N2O2/c1-4-6-14(3)11-8-9(12(15)16)7-10(5-2)13-11/h4,7-8H,1,5-6H2,2-3H3,(H,15,16). The molecule has 1 rings (SSSR count). The molecule has 4 nitrogen and oxygen atoms in total. The van der Waals surface area contributed by atoms with Gasteiger partial charge in [-0.1, -0.05) is 13.0 Å². The van der Waals surface area contributed by atoms with E-state index in [1.54, 1.807) is 18.2 Å². The molecule has 86 valence electrons. The minimum atomic E-state index is -0.926. The lowest BCUT2D eigenvalue weighted by atomic mass is 10.2. The third-order valence-corrected chi connectivity index (χ3v) is 2.27. The Morgan fingerprint density at radius 3 is 2.81 bits per heavy atom. The number of aromatic carboxylic acids is 1. The second-order valence-corrected chi connectivity index (χ2v) is 3.53. The maximum Gasteiger partial charge on any atom is 0.335 e. The number of rotatable bonds is 5. The van der Waals surface area contributed by atoms with Crippen molar-refractivity contribution in [3.63, 3.8) is 0 Å². The Bertz CT molecular complexity index is 402. The number of carboxylic acid groups (broad SMARTS) is 1. The summed E-state index contributed by atoms with van der Waals surface area (Å²) in [6, 6.07) is 3.18. The molecule has 0 radical (unpaired) electrons. The molecule has 1 N–H and O–H groups in total. The molecule has 0 saturated carbocycles. The highest BCUT2D eigenvalue weighted by molar-refractivity contribution is 5.88. The van der Waals surface area contributed by atoms with E-state index in [2.05, 4.69) is 11.6 Å². The first-order valence-corrected chi connectivity index (χ1v) is 5.14. The minimum absolute atomic E-state index is 0.276. The lowest BCUT2D eigenvalue weighted by Gasteiger charge is -2.17. The van der Waals surface area contributed by atoms with Gasteiger partial charge in [0.2, 0.25) is 0 Å². The molecule has 0 spiro atoms. The summed E-state index contributed by atoms with van der Waals surface area (Å²) in [6.45, 7) is 6.23. The summed E-state index contributed by atoms with van der Waals surface area (Å²) in [5.41, 5.74) is 1.06. The van der Waals surface area contributed by atoms with E-state index in [1.807, 2.05) is 18.9 Å². The maximum absolute atomic E-state index is 10.9. The van der Waals surface area contributed by atoms with Crippen LogP contribution in [0.2, 0.25) is 0 Å². The fourth-order valence-corrected chi connectivity index (χ4v) is 1.36. The molecule has 4 heteroatoms. The summed E-state index contributed by atoms with van der Waals surface area (Å²) in [7, 11) is 1.86. The summed E-state index contributed by atoms with van der Waals surface area (Å²) in [6.07, 6.45) is 2.47. The van der Waals surface area contributed by atoms with Crippen molar-refractivity contribution in [3.05, 3.63) is 36.0 Å². The average Bonchev–Trinajstić information content (AvgIpc) is 2.28. The van der Waals surface area contributed by atoms with E-state index in [0.29, 0.717) is 12.4 Å². The third-order valence-electron chi connectivity index (χ3n) is 2.27. The number of likely N-dealkylation sites (N-methyl/N-ethyl adjacent to an activating group) is 1. The topological polar surface area (TPSA) is 53.4 Å². The number of hydrogen-bond donors (Lipinski definition) is 1. The summed E-state index contributed by atoms with van der Waals surface area (Å²) in [4.78, 5) is 17.2. The van der Waals surface area contributed by atoms with Gasteiger partial charge in [0, 0.05) is 19.3 Å². The molecule has 1 heterocycles. The monoisotopic (exact) mass is 220 g/mol. The summed E-state index contributed by atoms with van der Waals surface area (Å²) in [5.74, 6) is -0.262. The van der Waals surface area contributed by atoms with Crippen molar-refractivity contribution in [2.45, 2.75) is 13.3 Å². The number of aryl methyl sites for hydroxylation is 1. The molecule has 1 aromatic heterocycles. The quantitative estimate of drug-likeness (QED) is 0.771. The first-order chi connectivity index (χ1) is 7.58. The van der Waals surface area contributed by atoms with Crippen molar-refractivity contribution in [2.24, 2.45) is 0 Å². The summed E-state index contributed by atoms with van der Waals surface area (Å²) >= 11 is 0. The van der Waals surface area contributed by atoms with Crippen LogP contribution in [0.15, 0.2) is 24.8 Å². The van der Waals surface area contributed by atoms with Crippen LogP contribution in [-0.4, -0.2) is 29.7 Å². The molecule has 0 unspecified atom stereocenters. The van der Waals surface area contributed by atoms with E-state index < -0.39 is 5.97 Å². The van der Waals surface area contributed by atoms with Crippen LogP contribution >= 0.6 is 0 Å². The Hall–Kier alpha value is -1.84. The number of pyridine rings is 1. The van der Waals surface area contributed by atoms with Gasteiger partial charge < -0.3 is 10.0 Å². The molecule has 1 aromatic rings. The van der Waals surface area contributed by atoms with Crippen LogP contribution in [0.25, 0.3) is 0 Å². The maximum atomic E-state index is 10.9. The lowest BCUT2D eigenvalue weighted by molar-refractivity contribution is 0.0696. The highest BCUT2D eigenvalue weighted by atomic mass is 16.4.